The van der Waals surface area contributed by atoms with Crippen molar-refractivity contribution in [2.45, 2.75) is 44.2 Å². The molecule has 1 aliphatic heterocycles. The molecule has 0 bridgehead atoms. The van der Waals surface area contributed by atoms with Gasteiger partial charge in [-0.25, -0.2) is 4.39 Å². The first kappa shape index (κ1) is 14.9. The van der Waals surface area contributed by atoms with Crippen LogP contribution in [-0.4, -0.2) is 18.8 Å². The molecule has 0 saturated carbocycles. The van der Waals surface area contributed by atoms with E-state index in [9.17, 15) is 4.39 Å². The minimum Gasteiger partial charge on any atom is -0.378 e. The van der Waals surface area contributed by atoms with E-state index in [4.69, 9.17) is 10.6 Å². The monoisotopic (exact) mass is 330 g/mol. The molecule has 2 rings (SSSR count). The van der Waals surface area contributed by atoms with Gasteiger partial charge in [0.05, 0.1) is 6.10 Å². The Morgan fingerprint density at radius 1 is 1.47 bits per heavy atom. The van der Waals surface area contributed by atoms with Gasteiger partial charge >= 0.3 is 0 Å². The van der Waals surface area contributed by atoms with Crippen LogP contribution < -0.4 is 11.3 Å². The summed E-state index contributed by atoms with van der Waals surface area (Å²) in [6, 6.07) is 5.02. The summed E-state index contributed by atoms with van der Waals surface area (Å²) in [5.74, 6) is 5.40. The molecule has 1 fully saturated rings. The van der Waals surface area contributed by atoms with E-state index in [1.165, 1.54) is 12.5 Å². The molecule has 0 amide bonds. The van der Waals surface area contributed by atoms with Gasteiger partial charge in [0, 0.05) is 17.1 Å². The summed E-state index contributed by atoms with van der Waals surface area (Å²) >= 11 is 3.36. The van der Waals surface area contributed by atoms with Crippen molar-refractivity contribution in [1.82, 2.24) is 5.43 Å². The smallest absolute Gasteiger partial charge is 0.126 e. The third kappa shape index (κ3) is 4.53. The van der Waals surface area contributed by atoms with Crippen LogP contribution in [0.5, 0.6) is 0 Å². The number of ether oxygens (including phenoxy) is 1. The van der Waals surface area contributed by atoms with Crippen LogP contribution in [0.15, 0.2) is 22.7 Å². The standard InChI is InChI=1S/C14H20BrFN2O/c15-11-4-5-14(16)10(7-11)8-12(18-17)9-13-3-1-2-6-19-13/h4-5,7,12-13,18H,1-3,6,8-9,17H2. The van der Waals surface area contributed by atoms with Crippen LogP contribution in [0.4, 0.5) is 4.39 Å². The van der Waals surface area contributed by atoms with E-state index >= 15 is 0 Å². The predicted octanol–water partition coefficient (Wildman–Crippen LogP) is 2.92. The number of rotatable bonds is 5. The number of hydrazine groups is 1. The third-order valence-corrected chi connectivity index (χ3v) is 4.02. The molecule has 1 aromatic carbocycles. The molecular weight excluding hydrogens is 311 g/mol. The minimum absolute atomic E-state index is 0.0342. The van der Waals surface area contributed by atoms with Gasteiger partial charge in [-0.3, -0.25) is 11.3 Å². The Morgan fingerprint density at radius 3 is 3.00 bits per heavy atom. The van der Waals surface area contributed by atoms with Crippen LogP contribution in [0, 0.1) is 5.82 Å². The first-order valence-corrected chi connectivity index (χ1v) is 7.50. The number of hydrogen-bond donors (Lipinski definition) is 2. The molecular formula is C14H20BrFN2O. The van der Waals surface area contributed by atoms with E-state index in [0.29, 0.717) is 12.0 Å². The molecule has 0 aromatic heterocycles. The van der Waals surface area contributed by atoms with Crippen molar-refractivity contribution in [3.63, 3.8) is 0 Å². The van der Waals surface area contributed by atoms with Gasteiger partial charge in [-0.2, -0.15) is 0 Å². The van der Waals surface area contributed by atoms with Crippen LogP contribution >= 0.6 is 15.9 Å². The number of benzene rings is 1. The highest BCUT2D eigenvalue weighted by Gasteiger charge is 2.20. The maximum absolute atomic E-state index is 13.7. The zero-order chi connectivity index (χ0) is 13.7. The first-order chi connectivity index (χ1) is 9.19. The summed E-state index contributed by atoms with van der Waals surface area (Å²) in [6.07, 6.45) is 5.04. The van der Waals surface area contributed by atoms with Crippen LogP contribution in [0.25, 0.3) is 0 Å². The fourth-order valence-corrected chi connectivity index (χ4v) is 2.89. The Labute approximate surface area is 121 Å². The zero-order valence-corrected chi connectivity index (χ0v) is 12.5. The van der Waals surface area contributed by atoms with Crippen molar-refractivity contribution >= 4 is 15.9 Å². The molecule has 1 saturated heterocycles. The van der Waals surface area contributed by atoms with Crippen molar-refractivity contribution in [1.29, 1.82) is 0 Å². The molecule has 0 aliphatic carbocycles. The topological polar surface area (TPSA) is 47.3 Å². The summed E-state index contributed by atoms with van der Waals surface area (Å²) in [7, 11) is 0. The number of hydrogen-bond acceptors (Lipinski definition) is 3. The Morgan fingerprint density at radius 2 is 2.32 bits per heavy atom. The van der Waals surface area contributed by atoms with Crippen molar-refractivity contribution in [3.8, 4) is 0 Å². The summed E-state index contributed by atoms with van der Waals surface area (Å²) < 4.78 is 20.3. The Balaban J connectivity index is 1.95. The largest absolute Gasteiger partial charge is 0.378 e. The van der Waals surface area contributed by atoms with E-state index in [2.05, 4.69) is 21.4 Å². The van der Waals surface area contributed by atoms with Gasteiger partial charge in [0.2, 0.25) is 0 Å². The van der Waals surface area contributed by atoms with Crippen LogP contribution in [0.2, 0.25) is 0 Å². The second kappa shape index (κ2) is 7.33. The van der Waals surface area contributed by atoms with E-state index < -0.39 is 0 Å². The van der Waals surface area contributed by atoms with Gasteiger partial charge < -0.3 is 4.74 Å². The molecule has 2 atom stereocenters. The van der Waals surface area contributed by atoms with Crippen molar-refractivity contribution in [3.05, 3.63) is 34.1 Å². The molecule has 5 heteroatoms. The highest BCUT2D eigenvalue weighted by atomic mass is 79.9. The molecule has 1 aliphatic rings. The first-order valence-electron chi connectivity index (χ1n) is 6.70. The van der Waals surface area contributed by atoms with Gasteiger partial charge in [-0.1, -0.05) is 15.9 Å². The zero-order valence-electron chi connectivity index (χ0n) is 10.9. The summed E-state index contributed by atoms with van der Waals surface area (Å²) in [5, 5.41) is 0. The summed E-state index contributed by atoms with van der Waals surface area (Å²) in [6.45, 7) is 0.827. The molecule has 19 heavy (non-hydrogen) atoms. The molecule has 1 aromatic rings. The lowest BCUT2D eigenvalue weighted by Gasteiger charge is -2.26. The summed E-state index contributed by atoms with van der Waals surface area (Å²) in [4.78, 5) is 0. The Bertz CT molecular complexity index is 410. The van der Waals surface area contributed by atoms with Crippen LogP contribution in [0.1, 0.15) is 31.2 Å². The Kier molecular flexibility index (Phi) is 5.76. The highest BCUT2D eigenvalue weighted by Crippen LogP contribution is 2.21. The molecule has 0 radical (unpaired) electrons. The second-order valence-electron chi connectivity index (χ2n) is 5.03. The SMILES string of the molecule is NNC(Cc1cc(Br)ccc1F)CC1CCCCO1. The molecule has 3 nitrogen and oxygen atoms in total. The average Bonchev–Trinajstić information content (AvgIpc) is 2.43. The number of nitrogens with two attached hydrogens (primary N) is 1. The number of halogens is 2. The van der Waals surface area contributed by atoms with Crippen molar-refractivity contribution in [2.75, 3.05) is 6.61 Å². The van der Waals surface area contributed by atoms with Gasteiger partial charge in [0.25, 0.3) is 0 Å². The van der Waals surface area contributed by atoms with E-state index in [-0.39, 0.29) is 18.0 Å². The molecule has 3 N–H and O–H groups in total. The highest BCUT2D eigenvalue weighted by molar-refractivity contribution is 9.10. The van der Waals surface area contributed by atoms with E-state index in [1.807, 2.05) is 0 Å². The normalized spacial score (nSPS) is 21.3. The van der Waals surface area contributed by atoms with Gasteiger partial charge in [0.15, 0.2) is 0 Å². The van der Waals surface area contributed by atoms with Crippen molar-refractivity contribution < 1.29 is 9.13 Å². The van der Waals surface area contributed by atoms with Gasteiger partial charge in [-0.15, -0.1) is 0 Å². The fourth-order valence-electron chi connectivity index (χ4n) is 2.49. The average molecular weight is 331 g/mol. The number of nitrogens with one attached hydrogen (secondary N) is 1. The van der Waals surface area contributed by atoms with Gasteiger partial charge in [-0.05, 0) is 55.9 Å². The lowest BCUT2D eigenvalue weighted by atomic mass is 9.97. The second-order valence-corrected chi connectivity index (χ2v) is 5.94. The lowest BCUT2D eigenvalue weighted by Crippen LogP contribution is -2.40. The van der Waals surface area contributed by atoms with Crippen molar-refractivity contribution in [2.24, 2.45) is 5.84 Å². The minimum atomic E-state index is -0.187. The molecule has 0 spiro atoms. The lowest BCUT2D eigenvalue weighted by molar-refractivity contribution is 0.00519. The quantitative estimate of drug-likeness (QED) is 0.644. The maximum atomic E-state index is 13.7. The predicted molar refractivity (Wildman–Crippen MR) is 77.1 cm³/mol. The molecule has 1 heterocycles. The van der Waals surface area contributed by atoms with Crippen LogP contribution in [0.3, 0.4) is 0 Å². The van der Waals surface area contributed by atoms with Crippen LogP contribution in [-0.2, 0) is 11.2 Å². The molecule has 106 valence electrons. The molecule has 2 unspecified atom stereocenters. The maximum Gasteiger partial charge on any atom is 0.126 e. The summed E-state index contributed by atoms with van der Waals surface area (Å²) in [5.41, 5.74) is 3.46. The van der Waals surface area contributed by atoms with Gasteiger partial charge in [0.1, 0.15) is 5.82 Å². The van der Waals surface area contributed by atoms with E-state index in [1.54, 1.807) is 12.1 Å². The third-order valence-electron chi connectivity index (χ3n) is 3.53. The fraction of sp³-hybridized carbons (Fsp3) is 0.571. The van der Waals surface area contributed by atoms with E-state index in [0.717, 1.165) is 30.3 Å². The Hall–Kier alpha value is -0.490.